The zero-order valence-corrected chi connectivity index (χ0v) is 16.0. The van der Waals surface area contributed by atoms with Crippen LogP contribution in [-0.2, 0) is 9.53 Å². The predicted molar refractivity (Wildman–Crippen MR) is 104 cm³/mol. The van der Waals surface area contributed by atoms with Crippen molar-refractivity contribution in [3.05, 3.63) is 71.8 Å². The molecular weight excluding hydrogens is 354 g/mol. The molecule has 4 rings (SSSR count). The summed E-state index contributed by atoms with van der Waals surface area (Å²) in [5.41, 5.74) is 2.64. The molecule has 0 saturated carbocycles. The standard InChI is InChI=1S/C22H25N3O3/c26-20(25-15-16-28-22(25)27)17-23-11-13-24(14-12-23)21(18-7-3-1-4-8-18)19-9-5-2-6-10-19/h1-10,21H,11-17H2/p+2. The minimum atomic E-state index is -0.498. The molecular formula is C22H27N3O3+2. The summed E-state index contributed by atoms with van der Waals surface area (Å²) in [5, 5.41) is 0. The fourth-order valence-electron chi connectivity index (χ4n) is 4.27. The molecule has 2 aromatic rings. The smallest absolute Gasteiger partial charge is 0.416 e. The molecule has 2 saturated heterocycles. The number of ether oxygens (including phenoxy) is 1. The maximum atomic E-state index is 12.4. The number of nitrogens with one attached hydrogen (secondary N) is 2. The van der Waals surface area contributed by atoms with E-state index in [4.69, 9.17) is 4.74 Å². The van der Waals surface area contributed by atoms with E-state index in [0.29, 0.717) is 25.7 Å². The molecule has 0 radical (unpaired) electrons. The molecule has 0 atom stereocenters. The van der Waals surface area contributed by atoms with Crippen LogP contribution in [0.25, 0.3) is 0 Å². The van der Waals surface area contributed by atoms with Crippen molar-refractivity contribution in [1.29, 1.82) is 0 Å². The van der Waals surface area contributed by atoms with Gasteiger partial charge in [0, 0.05) is 11.1 Å². The van der Waals surface area contributed by atoms with Gasteiger partial charge in [-0.25, -0.2) is 9.69 Å². The van der Waals surface area contributed by atoms with E-state index < -0.39 is 6.09 Å². The van der Waals surface area contributed by atoms with Crippen LogP contribution in [0, 0.1) is 0 Å². The van der Waals surface area contributed by atoms with E-state index in [2.05, 4.69) is 60.7 Å². The second kappa shape index (κ2) is 8.54. The maximum absolute atomic E-state index is 12.4. The lowest BCUT2D eigenvalue weighted by Gasteiger charge is -2.35. The minimum absolute atomic E-state index is 0.122. The third kappa shape index (κ3) is 4.08. The molecule has 0 bridgehead atoms. The van der Waals surface area contributed by atoms with Crippen molar-refractivity contribution in [3.63, 3.8) is 0 Å². The fourth-order valence-corrected chi connectivity index (χ4v) is 4.27. The summed E-state index contributed by atoms with van der Waals surface area (Å²) < 4.78 is 4.88. The normalized spacial score (nSPS) is 22.3. The van der Waals surface area contributed by atoms with E-state index in [0.717, 1.165) is 26.2 Å². The molecule has 2 aliphatic rings. The van der Waals surface area contributed by atoms with Crippen molar-refractivity contribution >= 4 is 12.0 Å². The number of quaternary nitrogens is 2. The van der Waals surface area contributed by atoms with E-state index >= 15 is 0 Å². The van der Waals surface area contributed by atoms with Gasteiger partial charge in [-0.1, -0.05) is 60.7 Å². The largest absolute Gasteiger partial charge is 0.447 e. The number of amides is 2. The molecule has 0 unspecified atom stereocenters. The Labute approximate surface area is 165 Å². The lowest BCUT2D eigenvalue weighted by molar-refractivity contribution is -1.02. The van der Waals surface area contributed by atoms with Crippen molar-refractivity contribution in [1.82, 2.24) is 4.90 Å². The highest BCUT2D eigenvalue weighted by Crippen LogP contribution is 2.18. The molecule has 2 aromatic carbocycles. The van der Waals surface area contributed by atoms with Gasteiger partial charge in [0.15, 0.2) is 6.54 Å². The third-order valence-corrected chi connectivity index (χ3v) is 5.74. The number of rotatable bonds is 5. The maximum Gasteiger partial charge on any atom is 0.416 e. The van der Waals surface area contributed by atoms with E-state index in [1.54, 1.807) is 0 Å². The van der Waals surface area contributed by atoms with Crippen LogP contribution in [0.5, 0.6) is 0 Å². The summed E-state index contributed by atoms with van der Waals surface area (Å²) in [6.07, 6.45) is -0.498. The molecule has 2 heterocycles. The van der Waals surface area contributed by atoms with Crippen LogP contribution in [0.3, 0.4) is 0 Å². The first-order valence-corrected chi connectivity index (χ1v) is 9.97. The van der Waals surface area contributed by atoms with Crippen LogP contribution in [0.15, 0.2) is 60.7 Å². The zero-order chi connectivity index (χ0) is 19.3. The van der Waals surface area contributed by atoms with Crippen molar-refractivity contribution in [3.8, 4) is 0 Å². The van der Waals surface area contributed by atoms with Crippen LogP contribution >= 0.6 is 0 Å². The Morgan fingerprint density at radius 2 is 1.50 bits per heavy atom. The summed E-state index contributed by atoms with van der Waals surface area (Å²) in [4.78, 5) is 28.0. The van der Waals surface area contributed by atoms with Crippen molar-refractivity contribution < 1.29 is 24.1 Å². The highest BCUT2D eigenvalue weighted by atomic mass is 16.6. The summed E-state index contributed by atoms with van der Waals surface area (Å²) in [7, 11) is 0. The average molecular weight is 381 g/mol. The molecule has 0 spiro atoms. The third-order valence-electron chi connectivity index (χ3n) is 5.74. The monoisotopic (exact) mass is 381 g/mol. The van der Waals surface area contributed by atoms with Gasteiger partial charge < -0.3 is 14.5 Å². The Hall–Kier alpha value is -2.70. The van der Waals surface area contributed by atoms with E-state index in [-0.39, 0.29) is 5.91 Å². The number of hydrogen-bond acceptors (Lipinski definition) is 3. The number of nitrogens with zero attached hydrogens (tertiary/aromatic N) is 1. The Balaban J connectivity index is 1.42. The molecule has 0 aromatic heterocycles. The van der Waals surface area contributed by atoms with Crippen LogP contribution in [0.2, 0.25) is 0 Å². The average Bonchev–Trinajstić information content (AvgIpc) is 3.17. The highest BCUT2D eigenvalue weighted by Gasteiger charge is 2.35. The lowest BCUT2D eigenvalue weighted by atomic mass is 9.96. The van der Waals surface area contributed by atoms with Crippen molar-refractivity contribution in [2.24, 2.45) is 0 Å². The molecule has 2 N–H and O–H groups in total. The predicted octanol–water partition coefficient (Wildman–Crippen LogP) is -0.462. The van der Waals surface area contributed by atoms with Gasteiger partial charge in [0.05, 0.1) is 6.54 Å². The second-order valence-corrected chi connectivity index (χ2v) is 7.50. The molecule has 2 fully saturated rings. The first-order valence-electron chi connectivity index (χ1n) is 9.97. The molecule has 2 aliphatic heterocycles. The second-order valence-electron chi connectivity index (χ2n) is 7.50. The topological polar surface area (TPSA) is 55.5 Å². The molecule has 146 valence electrons. The molecule has 28 heavy (non-hydrogen) atoms. The van der Waals surface area contributed by atoms with Gasteiger partial charge in [0.25, 0.3) is 5.91 Å². The number of carbonyl (C=O) groups is 2. The Kier molecular flexibility index (Phi) is 5.69. The van der Waals surface area contributed by atoms with Gasteiger partial charge in [-0.2, -0.15) is 0 Å². The van der Waals surface area contributed by atoms with E-state index in [1.165, 1.54) is 25.8 Å². The van der Waals surface area contributed by atoms with Crippen LogP contribution in [0.4, 0.5) is 4.79 Å². The minimum Gasteiger partial charge on any atom is -0.447 e. The van der Waals surface area contributed by atoms with Gasteiger partial charge in [0.2, 0.25) is 0 Å². The van der Waals surface area contributed by atoms with Gasteiger partial charge in [-0.3, -0.25) is 4.79 Å². The van der Waals surface area contributed by atoms with E-state index in [1.807, 2.05) is 0 Å². The van der Waals surface area contributed by atoms with Crippen LogP contribution in [0.1, 0.15) is 17.2 Å². The SMILES string of the molecule is O=C(C[NH+]1CC[NH+](C(c2ccccc2)c2ccccc2)CC1)N1CCOC1=O. The summed E-state index contributed by atoms with van der Waals surface area (Å²) in [5.74, 6) is -0.122. The Bertz CT molecular complexity index is 765. The first-order chi connectivity index (χ1) is 13.7. The number of hydrogen-bond donors (Lipinski definition) is 2. The summed E-state index contributed by atoms with van der Waals surface area (Å²) in [6.45, 7) is 4.87. The number of imide groups is 1. The molecule has 6 nitrogen and oxygen atoms in total. The van der Waals surface area contributed by atoms with Gasteiger partial charge in [-0.05, 0) is 0 Å². The van der Waals surface area contributed by atoms with Crippen LogP contribution < -0.4 is 9.80 Å². The number of piperazine rings is 1. The molecule has 0 aliphatic carbocycles. The van der Waals surface area contributed by atoms with Crippen molar-refractivity contribution in [2.75, 3.05) is 45.9 Å². The molecule has 2 amide bonds. The van der Waals surface area contributed by atoms with Gasteiger partial charge >= 0.3 is 6.09 Å². The van der Waals surface area contributed by atoms with Gasteiger partial charge in [-0.15, -0.1) is 0 Å². The highest BCUT2D eigenvalue weighted by molar-refractivity contribution is 5.93. The Morgan fingerprint density at radius 3 is 2.00 bits per heavy atom. The lowest BCUT2D eigenvalue weighted by Crippen LogP contribution is -3.28. The van der Waals surface area contributed by atoms with E-state index in [9.17, 15) is 9.59 Å². The Morgan fingerprint density at radius 1 is 0.929 bits per heavy atom. The van der Waals surface area contributed by atoms with Gasteiger partial charge in [0.1, 0.15) is 38.8 Å². The first kappa shape index (κ1) is 18.7. The zero-order valence-electron chi connectivity index (χ0n) is 16.0. The summed E-state index contributed by atoms with van der Waals surface area (Å²) >= 11 is 0. The van der Waals surface area contributed by atoms with Crippen LogP contribution in [-0.4, -0.2) is 62.8 Å². The summed E-state index contributed by atoms with van der Waals surface area (Å²) in [6, 6.07) is 21.6. The number of benzene rings is 2. The number of cyclic esters (lactones) is 1. The number of carbonyl (C=O) groups excluding carboxylic acids is 2. The van der Waals surface area contributed by atoms with Crippen molar-refractivity contribution in [2.45, 2.75) is 6.04 Å². The quantitative estimate of drug-likeness (QED) is 0.737. The fraction of sp³-hybridized carbons (Fsp3) is 0.364. The molecule has 6 heteroatoms.